The van der Waals surface area contributed by atoms with Gasteiger partial charge < -0.3 is 20.7 Å². The summed E-state index contributed by atoms with van der Waals surface area (Å²) in [5.74, 6) is 0.572. The first-order valence-electron chi connectivity index (χ1n) is 11.5. The van der Waals surface area contributed by atoms with E-state index in [1.165, 1.54) is 0 Å². The number of nitrogen functional groups attached to an aromatic ring is 1. The van der Waals surface area contributed by atoms with Crippen molar-refractivity contribution in [1.82, 2.24) is 15.1 Å². The van der Waals surface area contributed by atoms with Crippen LogP contribution in [0.5, 0.6) is 5.75 Å². The summed E-state index contributed by atoms with van der Waals surface area (Å²) in [6.45, 7) is 5.27. The van der Waals surface area contributed by atoms with Crippen LogP contribution in [0, 0.1) is 0 Å². The van der Waals surface area contributed by atoms with Crippen LogP contribution < -0.4 is 15.8 Å². The number of ether oxygens (including phenoxy) is 1. The number of carbonyl (C=O) groups is 1. The zero-order valence-electron chi connectivity index (χ0n) is 19.5. The molecule has 0 saturated carbocycles. The molecule has 1 heterocycles. The molecule has 0 unspecified atom stereocenters. The maximum Gasteiger partial charge on any atom is 0.258 e. The Labute approximate surface area is 206 Å². The molecular formula is C27H31ClN4O2. The predicted molar refractivity (Wildman–Crippen MR) is 138 cm³/mol. The van der Waals surface area contributed by atoms with Crippen LogP contribution in [0.25, 0.3) is 11.1 Å². The first-order valence-corrected chi connectivity index (χ1v) is 11.9. The monoisotopic (exact) mass is 478 g/mol. The zero-order valence-corrected chi connectivity index (χ0v) is 20.2. The van der Waals surface area contributed by atoms with Crippen molar-refractivity contribution in [2.24, 2.45) is 0 Å². The van der Waals surface area contributed by atoms with Gasteiger partial charge in [-0.25, -0.2) is 0 Å². The molecule has 3 aromatic rings. The number of piperazine rings is 1. The van der Waals surface area contributed by atoms with E-state index in [1.54, 1.807) is 0 Å². The fraction of sp³-hybridized carbons (Fsp3) is 0.296. The Morgan fingerprint density at radius 3 is 2.35 bits per heavy atom. The van der Waals surface area contributed by atoms with Crippen LogP contribution in [0.1, 0.15) is 11.1 Å². The van der Waals surface area contributed by atoms with E-state index in [0.29, 0.717) is 11.6 Å². The predicted octanol–water partition coefficient (Wildman–Crippen LogP) is 4.03. The first kappa shape index (κ1) is 24.1. The molecule has 3 aromatic carbocycles. The molecule has 1 saturated heterocycles. The van der Waals surface area contributed by atoms with Crippen molar-refractivity contribution in [2.45, 2.75) is 13.1 Å². The Kier molecular flexibility index (Phi) is 8.06. The van der Waals surface area contributed by atoms with E-state index in [9.17, 15) is 4.79 Å². The minimum atomic E-state index is -0.164. The molecule has 6 nitrogen and oxygen atoms in total. The number of hydrogen-bond acceptors (Lipinski definition) is 5. The molecule has 4 rings (SSSR count). The molecule has 1 aliphatic rings. The second-order valence-corrected chi connectivity index (χ2v) is 9.15. The number of hydrogen-bond donors (Lipinski definition) is 2. The number of carbonyl (C=O) groups excluding carboxylic acids is 1. The van der Waals surface area contributed by atoms with Crippen molar-refractivity contribution in [3.8, 4) is 16.9 Å². The van der Waals surface area contributed by atoms with E-state index in [-0.39, 0.29) is 12.5 Å². The lowest BCUT2D eigenvalue weighted by Gasteiger charge is -2.32. The van der Waals surface area contributed by atoms with Crippen LogP contribution >= 0.6 is 11.6 Å². The van der Waals surface area contributed by atoms with E-state index in [0.717, 1.165) is 66.4 Å². The second kappa shape index (κ2) is 11.4. The Hall–Kier alpha value is -3.06. The Balaban J connectivity index is 1.44. The first-order chi connectivity index (χ1) is 16.5. The van der Waals surface area contributed by atoms with E-state index in [1.807, 2.05) is 60.7 Å². The van der Waals surface area contributed by atoms with Gasteiger partial charge in [-0.2, -0.15) is 0 Å². The summed E-state index contributed by atoms with van der Waals surface area (Å²) in [7, 11) is 2.15. The average Bonchev–Trinajstić information content (AvgIpc) is 2.85. The lowest BCUT2D eigenvalue weighted by molar-refractivity contribution is -0.123. The highest BCUT2D eigenvalue weighted by atomic mass is 35.5. The largest absolute Gasteiger partial charge is 0.483 e. The normalized spacial score (nSPS) is 14.6. The van der Waals surface area contributed by atoms with Gasteiger partial charge in [0.2, 0.25) is 0 Å². The number of amides is 1. The number of likely N-dealkylation sites (N-methyl/N-ethyl adjacent to an activating group) is 1. The number of nitrogens with one attached hydrogen (secondary N) is 1. The van der Waals surface area contributed by atoms with Crippen LogP contribution in [0.3, 0.4) is 0 Å². The average molecular weight is 479 g/mol. The molecule has 1 aliphatic heterocycles. The van der Waals surface area contributed by atoms with Gasteiger partial charge in [-0.3, -0.25) is 9.69 Å². The molecule has 1 fully saturated rings. The van der Waals surface area contributed by atoms with Gasteiger partial charge in [-0.05, 0) is 60.1 Å². The van der Waals surface area contributed by atoms with Crippen molar-refractivity contribution >= 4 is 23.2 Å². The maximum atomic E-state index is 12.4. The number of rotatable bonds is 8. The smallest absolute Gasteiger partial charge is 0.258 e. The van der Waals surface area contributed by atoms with Gasteiger partial charge in [0, 0.05) is 55.5 Å². The van der Waals surface area contributed by atoms with Gasteiger partial charge in [0.05, 0.1) is 0 Å². The third kappa shape index (κ3) is 6.73. The number of nitrogens with two attached hydrogens (primary N) is 1. The SMILES string of the molecule is CN1CCN(Cc2cc(-c3ccc(N)cc3)ccc2OCC(=O)NCc2ccc(Cl)cc2)CC1. The Bertz CT molecular complexity index is 1090. The highest BCUT2D eigenvalue weighted by molar-refractivity contribution is 6.30. The highest BCUT2D eigenvalue weighted by Crippen LogP contribution is 2.29. The highest BCUT2D eigenvalue weighted by Gasteiger charge is 2.17. The summed E-state index contributed by atoms with van der Waals surface area (Å²) in [4.78, 5) is 17.2. The molecule has 34 heavy (non-hydrogen) atoms. The molecule has 7 heteroatoms. The van der Waals surface area contributed by atoms with Crippen molar-refractivity contribution in [1.29, 1.82) is 0 Å². The molecule has 178 valence electrons. The van der Waals surface area contributed by atoms with Gasteiger partial charge in [0.15, 0.2) is 6.61 Å². The Morgan fingerprint density at radius 2 is 1.65 bits per heavy atom. The van der Waals surface area contributed by atoms with Crippen LogP contribution in [0.4, 0.5) is 5.69 Å². The summed E-state index contributed by atoms with van der Waals surface area (Å²) in [6, 6.07) is 21.4. The van der Waals surface area contributed by atoms with Crippen molar-refractivity contribution in [2.75, 3.05) is 45.6 Å². The summed E-state index contributed by atoms with van der Waals surface area (Å²) in [5.41, 5.74) is 10.9. The number of anilines is 1. The minimum absolute atomic E-state index is 0.0372. The van der Waals surface area contributed by atoms with Crippen LogP contribution in [-0.4, -0.2) is 55.5 Å². The van der Waals surface area contributed by atoms with E-state index < -0.39 is 0 Å². The van der Waals surface area contributed by atoms with Crippen molar-refractivity contribution in [3.63, 3.8) is 0 Å². The van der Waals surface area contributed by atoms with Crippen molar-refractivity contribution < 1.29 is 9.53 Å². The van der Waals surface area contributed by atoms with Gasteiger partial charge in [0.25, 0.3) is 5.91 Å². The Morgan fingerprint density at radius 1 is 0.971 bits per heavy atom. The third-order valence-corrected chi connectivity index (χ3v) is 6.31. The summed E-state index contributed by atoms with van der Waals surface area (Å²) in [5, 5.41) is 3.58. The molecule has 0 aromatic heterocycles. The van der Waals surface area contributed by atoms with E-state index >= 15 is 0 Å². The maximum absolute atomic E-state index is 12.4. The number of halogens is 1. The van der Waals surface area contributed by atoms with Crippen LogP contribution in [-0.2, 0) is 17.9 Å². The third-order valence-electron chi connectivity index (χ3n) is 6.06. The quantitative estimate of drug-likeness (QED) is 0.478. The fourth-order valence-electron chi connectivity index (χ4n) is 3.94. The summed E-state index contributed by atoms with van der Waals surface area (Å²) < 4.78 is 5.99. The topological polar surface area (TPSA) is 70.8 Å². The molecule has 0 aliphatic carbocycles. The second-order valence-electron chi connectivity index (χ2n) is 8.72. The van der Waals surface area contributed by atoms with Crippen molar-refractivity contribution in [3.05, 3.63) is 82.9 Å². The fourth-order valence-corrected chi connectivity index (χ4v) is 4.07. The molecule has 1 amide bonds. The van der Waals surface area contributed by atoms with Gasteiger partial charge in [-0.15, -0.1) is 0 Å². The van der Waals surface area contributed by atoms with Crippen LogP contribution in [0.15, 0.2) is 66.7 Å². The molecule has 0 atom stereocenters. The zero-order chi connectivity index (χ0) is 23.9. The van der Waals surface area contributed by atoms with Gasteiger partial charge in [-0.1, -0.05) is 41.9 Å². The number of nitrogens with zero attached hydrogens (tertiary/aromatic N) is 2. The van der Waals surface area contributed by atoms with Gasteiger partial charge in [0.1, 0.15) is 5.75 Å². The minimum Gasteiger partial charge on any atom is -0.483 e. The lowest BCUT2D eigenvalue weighted by Crippen LogP contribution is -2.43. The van der Waals surface area contributed by atoms with E-state index in [4.69, 9.17) is 22.1 Å². The molecular weight excluding hydrogens is 448 g/mol. The standard InChI is InChI=1S/C27H31ClN4O2/c1-31-12-14-32(15-13-31)18-23-16-22(21-4-9-25(29)10-5-21)6-11-26(23)34-19-27(33)30-17-20-2-7-24(28)8-3-20/h2-11,16H,12-15,17-19,29H2,1H3,(H,30,33). The molecule has 0 bridgehead atoms. The van der Waals surface area contributed by atoms with Gasteiger partial charge >= 0.3 is 0 Å². The molecule has 0 radical (unpaired) electrons. The number of benzene rings is 3. The molecule has 0 spiro atoms. The van der Waals surface area contributed by atoms with E-state index in [2.05, 4.69) is 28.2 Å². The summed E-state index contributed by atoms with van der Waals surface area (Å²) in [6.07, 6.45) is 0. The lowest BCUT2D eigenvalue weighted by atomic mass is 10.0. The summed E-state index contributed by atoms with van der Waals surface area (Å²) >= 11 is 5.92. The molecule has 3 N–H and O–H groups in total. The van der Waals surface area contributed by atoms with Crippen LogP contribution in [0.2, 0.25) is 5.02 Å².